The van der Waals surface area contributed by atoms with E-state index in [-0.39, 0.29) is 11.4 Å². The van der Waals surface area contributed by atoms with Crippen LogP contribution in [0.1, 0.15) is 0 Å². The Balaban J connectivity index is 1.71. The Kier molecular flexibility index (Phi) is 3.52. The molecule has 0 aliphatic carbocycles. The van der Waals surface area contributed by atoms with Gasteiger partial charge in [0.2, 0.25) is 0 Å². The number of fused-ring (bicyclic) bond motifs is 1. The molecule has 0 bridgehead atoms. The molecule has 0 radical (unpaired) electrons. The van der Waals surface area contributed by atoms with Crippen molar-refractivity contribution in [3.63, 3.8) is 0 Å². The summed E-state index contributed by atoms with van der Waals surface area (Å²) in [7, 11) is 0. The van der Waals surface area contributed by atoms with Gasteiger partial charge in [0, 0.05) is 29.7 Å². The van der Waals surface area contributed by atoms with Crippen molar-refractivity contribution in [2.24, 2.45) is 0 Å². The van der Waals surface area contributed by atoms with Crippen molar-refractivity contribution in [3.05, 3.63) is 64.1 Å². The maximum atomic E-state index is 13.0. The van der Waals surface area contributed by atoms with Crippen LogP contribution in [0.15, 0.2) is 52.8 Å². The molecule has 3 aromatic rings. The van der Waals surface area contributed by atoms with E-state index < -0.39 is 0 Å². The second-order valence-electron chi connectivity index (χ2n) is 4.45. The maximum Gasteiger partial charge on any atom is 0.259 e. The maximum absolute atomic E-state index is 13.0. The zero-order chi connectivity index (χ0) is 13.9. The van der Waals surface area contributed by atoms with E-state index in [1.54, 1.807) is 34.2 Å². The predicted molar refractivity (Wildman–Crippen MR) is 81.0 cm³/mol. The number of pyridine rings is 1. The van der Waals surface area contributed by atoms with Crippen LogP contribution in [0, 0.1) is 5.82 Å². The molecule has 0 unspecified atom stereocenters. The van der Waals surface area contributed by atoms with E-state index in [0.717, 1.165) is 15.8 Å². The van der Waals surface area contributed by atoms with Crippen LogP contribution in [0.3, 0.4) is 0 Å². The summed E-state index contributed by atoms with van der Waals surface area (Å²) in [6.07, 6.45) is 1.80. The molecule has 5 heteroatoms. The van der Waals surface area contributed by atoms with Gasteiger partial charge in [-0.15, -0.1) is 11.3 Å². The first kappa shape index (κ1) is 12.9. The second-order valence-corrected chi connectivity index (χ2v) is 5.40. The predicted octanol–water partition coefficient (Wildman–Crippen LogP) is 3.31. The zero-order valence-corrected chi connectivity index (χ0v) is 11.5. The van der Waals surface area contributed by atoms with E-state index >= 15 is 0 Å². The summed E-state index contributed by atoms with van der Waals surface area (Å²) in [6.45, 7) is 1.11. The highest BCUT2D eigenvalue weighted by molar-refractivity contribution is 7.17. The van der Waals surface area contributed by atoms with Crippen LogP contribution in [0.5, 0.6) is 0 Å². The molecule has 1 aromatic carbocycles. The minimum Gasteiger partial charge on any atom is -0.383 e. The molecule has 20 heavy (non-hydrogen) atoms. The number of rotatable bonds is 4. The summed E-state index contributed by atoms with van der Waals surface area (Å²) in [6, 6.07) is 10.1. The van der Waals surface area contributed by atoms with E-state index in [1.165, 1.54) is 12.1 Å². The van der Waals surface area contributed by atoms with Gasteiger partial charge < -0.3 is 9.88 Å². The lowest BCUT2D eigenvalue weighted by Gasteiger charge is -2.08. The first-order chi connectivity index (χ1) is 9.74. The molecule has 1 N–H and O–H groups in total. The molecule has 2 heterocycles. The number of benzene rings is 1. The molecular formula is C15H13FN2OS. The number of aromatic nitrogens is 1. The van der Waals surface area contributed by atoms with Crippen LogP contribution < -0.4 is 10.9 Å². The number of nitrogens with zero attached hydrogens (tertiary/aromatic N) is 1. The molecule has 0 atom stereocenters. The molecule has 0 aliphatic heterocycles. The fourth-order valence-corrected chi connectivity index (χ4v) is 2.87. The van der Waals surface area contributed by atoms with Gasteiger partial charge in [-0.25, -0.2) is 4.39 Å². The number of hydrogen-bond acceptors (Lipinski definition) is 3. The third-order valence-corrected chi connectivity index (χ3v) is 3.98. The van der Waals surface area contributed by atoms with Gasteiger partial charge in [-0.2, -0.15) is 0 Å². The van der Waals surface area contributed by atoms with Crippen molar-refractivity contribution < 1.29 is 4.39 Å². The lowest BCUT2D eigenvalue weighted by atomic mass is 10.3. The lowest BCUT2D eigenvalue weighted by Crippen LogP contribution is -2.22. The standard InChI is InChI=1S/C15H13FN2OS/c16-11-2-1-3-12(10-11)17-6-8-18-7-4-14-13(15(18)19)5-9-20-14/h1-5,7,9-10,17H,6,8H2. The molecule has 2 aromatic heterocycles. The van der Waals surface area contributed by atoms with Gasteiger partial charge in [0.25, 0.3) is 5.56 Å². The first-order valence-electron chi connectivity index (χ1n) is 6.30. The minimum atomic E-state index is -0.271. The summed E-state index contributed by atoms with van der Waals surface area (Å²) >= 11 is 1.56. The summed E-state index contributed by atoms with van der Waals surface area (Å²) in [5, 5.41) is 5.78. The lowest BCUT2D eigenvalue weighted by molar-refractivity contribution is 0.628. The fourth-order valence-electron chi connectivity index (χ4n) is 2.10. The highest BCUT2D eigenvalue weighted by Crippen LogP contribution is 2.16. The van der Waals surface area contributed by atoms with Crippen molar-refractivity contribution in [1.29, 1.82) is 0 Å². The number of halogens is 1. The summed E-state index contributed by atoms with van der Waals surface area (Å²) in [5.41, 5.74) is 0.736. The Morgan fingerprint density at radius 2 is 2.15 bits per heavy atom. The first-order valence-corrected chi connectivity index (χ1v) is 7.18. The van der Waals surface area contributed by atoms with E-state index in [2.05, 4.69) is 5.32 Å². The topological polar surface area (TPSA) is 34.0 Å². The van der Waals surface area contributed by atoms with Gasteiger partial charge in [-0.3, -0.25) is 4.79 Å². The normalized spacial score (nSPS) is 10.8. The molecule has 0 saturated carbocycles. The van der Waals surface area contributed by atoms with E-state index in [4.69, 9.17) is 0 Å². The number of thiophene rings is 1. The van der Waals surface area contributed by atoms with Crippen molar-refractivity contribution in [1.82, 2.24) is 4.57 Å². The van der Waals surface area contributed by atoms with Crippen molar-refractivity contribution in [2.45, 2.75) is 6.54 Å². The minimum absolute atomic E-state index is 0.0183. The Labute approximate surface area is 119 Å². The molecule has 0 amide bonds. The zero-order valence-electron chi connectivity index (χ0n) is 10.7. The quantitative estimate of drug-likeness (QED) is 0.799. The molecule has 0 spiro atoms. The monoisotopic (exact) mass is 288 g/mol. The summed E-state index contributed by atoms with van der Waals surface area (Å²) in [5.74, 6) is -0.271. The van der Waals surface area contributed by atoms with Crippen LogP contribution in [0.4, 0.5) is 10.1 Å². The third-order valence-electron chi connectivity index (χ3n) is 3.10. The van der Waals surface area contributed by atoms with Gasteiger partial charge in [-0.1, -0.05) is 6.07 Å². The van der Waals surface area contributed by atoms with E-state index in [1.807, 2.05) is 17.5 Å². The molecule has 0 fully saturated rings. The molecule has 102 valence electrons. The van der Waals surface area contributed by atoms with Crippen LogP contribution >= 0.6 is 11.3 Å². The number of hydrogen-bond donors (Lipinski definition) is 1. The van der Waals surface area contributed by atoms with Gasteiger partial charge in [0.15, 0.2) is 0 Å². The summed E-state index contributed by atoms with van der Waals surface area (Å²) < 4.78 is 15.7. The van der Waals surface area contributed by atoms with Gasteiger partial charge in [-0.05, 0) is 35.7 Å². The Hall–Kier alpha value is -2.14. The third kappa shape index (κ3) is 2.58. The van der Waals surface area contributed by atoms with Crippen LogP contribution in [-0.2, 0) is 6.54 Å². The van der Waals surface area contributed by atoms with Crippen LogP contribution in [0.2, 0.25) is 0 Å². The Morgan fingerprint density at radius 3 is 3.00 bits per heavy atom. The highest BCUT2D eigenvalue weighted by atomic mass is 32.1. The van der Waals surface area contributed by atoms with E-state index in [9.17, 15) is 9.18 Å². The highest BCUT2D eigenvalue weighted by Gasteiger charge is 2.03. The summed E-state index contributed by atoms with van der Waals surface area (Å²) in [4.78, 5) is 12.2. The smallest absolute Gasteiger partial charge is 0.259 e. The van der Waals surface area contributed by atoms with Crippen LogP contribution in [0.25, 0.3) is 10.1 Å². The largest absolute Gasteiger partial charge is 0.383 e. The van der Waals surface area contributed by atoms with Crippen molar-refractivity contribution >= 4 is 27.1 Å². The molecular weight excluding hydrogens is 275 g/mol. The van der Waals surface area contributed by atoms with Gasteiger partial charge in [0.05, 0.1) is 5.39 Å². The molecule has 3 nitrogen and oxygen atoms in total. The van der Waals surface area contributed by atoms with Crippen molar-refractivity contribution in [2.75, 3.05) is 11.9 Å². The second kappa shape index (κ2) is 5.46. The average Bonchev–Trinajstić information content (AvgIpc) is 2.91. The SMILES string of the molecule is O=c1c2ccsc2ccn1CCNc1cccc(F)c1. The van der Waals surface area contributed by atoms with Crippen LogP contribution in [-0.4, -0.2) is 11.1 Å². The molecule has 3 rings (SSSR count). The Morgan fingerprint density at radius 1 is 1.25 bits per heavy atom. The van der Waals surface area contributed by atoms with Gasteiger partial charge >= 0.3 is 0 Å². The van der Waals surface area contributed by atoms with Crippen molar-refractivity contribution in [3.8, 4) is 0 Å². The molecule has 0 aliphatic rings. The molecule has 0 saturated heterocycles. The van der Waals surface area contributed by atoms with Gasteiger partial charge in [0.1, 0.15) is 5.82 Å². The Bertz CT molecular complexity index is 794. The average molecular weight is 288 g/mol. The fraction of sp³-hybridized carbons (Fsp3) is 0.133. The number of anilines is 1. The number of nitrogens with one attached hydrogen (secondary N) is 1. The van der Waals surface area contributed by atoms with E-state index in [0.29, 0.717) is 13.1 Å².